The monoisotopic (exact) mass is 340 g/mol. The number of Topliss-reactive ketones (excluding diaryl/α,β-unsaturated/α-hetero) is 1. The van der Waals surface area contributed by atoms with Gasteiger partial charge in [-0.05, 0) is 29.5 Å². The molecule has 0 atom stereocenters. The number of rotatable bonds is 4. The molecule has 5 nitrogen and oxygen atoms in total. The van der Waals surface area contributed by atoms with E-state index >= 15 is 0 Å². The third-order valence-corrected chi connectivity index (χ3v) is 4.98. The third-order valence-electron chi connectivity index (χ3n) is 4.98. The highest BCUT2D eigenvalue weighted by Gasteiger charge is 2.30. The minimum Gasteiger partial charge on any atom is -0.422 e. The van der Waals surface area contributed by atoms with Crippen LogP contribution in [0.4, 0.5) is 5.69 Å². The smallest absolute Gasteiger partial charge is 0.345 e. The second-order valence-corrected chi connectivity index (χ2v) is 7.31. The Balaban J connectivity index is 2.07. The maximum absolute atomic E-state index is 12.2. The van der Waals surface area contributed by atoms with Crippen LogP contribution in [-0.4, -0.2) is 32.1 Å². The number of hydrogen-bond acceptors (Lipinski definition) is 5. The Bertz CT molecular complexity index is 909. The van der Waals surface area contributed by atoms with Gasteiger partial charge in [0.1, 0.15) is 5.58 Å². The van der Waals surface area contributed by atoms with E-state index in [1.54, 1.807) is 13.0 Å². The Labute approximate surface area is 147 Å². The van der Waals surface area contributed by atoms with Crippen LogP contribution in [0.1, 0.15) is 44.7 Å². The molecule has 0 saturated carbocycles. The molecule has 2 aromatic rings. The van der Waals surface area contributed by atoms with Gasteiger partial charge >= 0.3 is 5.63 Å². The van der Waals surface area contributed by atoms with Gasteiger partial charge in [0, 0.05) is 43.4 Å². The first-order valence-corrected chi connectivity index (χ1v) is 8.67. The number of fused-ring (bicyclic) bond motifs is 2. The Kier molecular flexibility index (Phi) is 4.50. The molecule has 0 N–H and O–H groups in total. The number of benzene rings is 1. The van der Waals surface area contributed by atoms with E-state index in [1.165, 1.54) is 11.8 Å². The second-order valence-electron chi connectivity index (χ2n) is 7.31. The Morgan fingerprint density at radius 3 is 2.84 bits per heavy atom. The zero-order chi connectivity index (χ0) is 18.2. The molecule has 0 spiro atoms. The molecule has 5 heteroatoms. The molecule has 25 heavy (non-hydrogen) atoms. The van der Waals surface area contributed by atoms with Crippen molar-refractivity contribution in [1.29, 1.82) is 0 Å². The van der Waals surface area contributed by atoms with Crippen LogP contribution in [0.25, 0.3) is 11.0 Å². The van der Waals surface area contributed by atoms with E-state index in [9.17, 15) is 9.59 Å². The van der Waals surface area contributed by atoms with Gasteiger partial charge in [-0.1, -0.05) is 20.8 Å². The summed E-state index contributed by atoms with van der Waals surface area (Å²) in [6.07, 6.45) is 2.96. The van der Waals surface area contributed by atoms with E-state index in [0.717, 1.165) is 24.0 Å². The number of carbonyl (C=O) groups is 1. The Morgan fingerprint density at radius 1 is 1.36 bits per heavy atom. The SMILES string of the molecule is CCC(=O)CN=Cc1cc2cc3c(cc2oc1=O)N(C)CCC3(C)C. The van der Waals surface area contributed by atoms with Crippen molar-refractivity contribution in [3.63, 3.8) is 0 Å². The maximum Gasteiger partial charge on any atom is 0.345 e. The normalized spacial score (nSPS) is 16.4. The van der Waals surface area contributed by atoms with E-state index in [0.29, 0.717) is 17.6 Å². The maximum atomic E-state index is 12.2. The van der Waals surface area contributed by atoms with Crippen LogP contribution in [0.5, 0.6) is 0 Å². The highest BCUT2D eigenvalue weighted by Crippen LogP contribution is 2.40. The minimum absolute atomic E-state index is 0.0419. The van der Waals surface area contributed by atoms with Gasteiger partial charge in [0.05, 0.1) is 12.1 Å². The van der Waals surface area contributed by atoms with Crippen LogP contribution in [0.3, 0.4) is 0 Å². The minimum atomic E-state index is -0.433. The number of anilines is 1. The fourth-order valence-corrected chi connectivity index (χ4v) is 3.18. The van der Waals surface area contributed by atoms with Crippen molar-refractivity contribution in [2.45, 2.75) is 39.0 Å². The fourth-order valence-electron chi connectivity index (χ4n) is 3.18. The van der Waals surface area contributed by atoms with Gasteiger partial charge in [-0.2, -0.15) is 0 Å². The van der Waals surface area contributed by atoms with Gasteiger partial charge in [-0.15, -0.1) is 0 Å². The molecule has 132 valence electrons. The van der Waals surface area contributed by atoms with Gasteiger partial charge in [0.2, 0.25) is 0 Å². The van der Waals surface area contributed by atoms with Crippen molar-refractivity contribution >= 4 is 28.7 Å². The van der Waals surface area contributed by atoms with Gasteiger partial charge in [0.15, 0.2) is 5.78 Å². The third kappa shape index (κ3) is 3.36. The van der Waals surface area contributed by atoms with E-state index in [4.69, 9.17) is 4.42 Å². The molecule has 0 aliphatic carbocycles. The summed E-state index contributed by atoms with van der Waals surface area (Å²) in [6.45, 7) is 7.34. The summed E-state index contributed by atoms with van der Waals surface area (Å²) >= 11 is 0. The van der Waals surface area contributed by atoms with Gasteiger partial charge in [-0.3, -0.25) is 9.79 Å². The molecule has 1 aliphatic rings. The lowest BCUT2D eigenvalue weighted by Gasteiger charge is -2.38. The van der Waals surface area contributed by atoms with E-state index in [2.05, 4.69) is 36.9 Å². The van der Waals surface area contributed by atoms with E-state index in [-0.39, 0.29) is 17.7 Å². The fraction of sp³-hybridized carbons (Fsp3) is 0.450. The molecule has 0 saturated heterocycles. The summed E-state index contributed by atoms with van der Waals surface area (Å²) in [4.78, 5) is 29.8. The zero-order valence-corrected chi connectivity index (χ0v) is 15.3. The van der Waals surface area contributed by atoms with Crippen LogP contribution in [0.15, 0.2) is 32.4 Å². The number of nitrogens with zero attached hydrogens (tertiary/aromatic N) is 2. The number of hydrogen-bond donors (Lipinski definition) is 0. The van der Waals surface area contributed by atoms with Crippen molar-refractivity contribution in [2.24, 2.45) is 4.99 Å². The van der Waals surface area contributed by atoms with Gasteiger partial charge in [-0.25, -0.2) is 4.79 Å². The predicted octanol–water partition coefficient (Wildman–Crippen LogP) is 3.31. The largest absolute Gasteiger partial charge is 0.422 e. The first kappa shape index (κ1) is 17.4. The van der Waals surface area contributed by atoms with Crippen molar-refractivity contribution < 1.29 is 9.21 Å². The topological polar surface area (TPSA) is 62.9 Å². The van der Waals surface area contributed by atoms with Gasteiger partial charge in [0.25, 0.3) is 0 Å². The molecule has 1 aliphatic heterocycles. The van der Waals surface area contributed by atoms with Crippen LogP contribution < -0.4 is 10.5 Å². The average molecular weight is 340 g/mol. The summed E-state index contributed by atoms with van der Waals surface area (Å²) in [5, 5.41) is 0.880. The second kappa shape index (κ2) is 6.47. The first-order chi connectivity index (χ1) is 11.8. The summed E-state index contributed by atoms with van der Waals surface area (Å²) in [5.74, 6) is 0.0419. The van der Waals surface area contributed by atoms with Gasteiger partial charge < -0.3 is 9.32 Å². The molecule has 1 aromatic heterocycles. The highest BCUT2D eigenvalue weighted by atomic mass is 16.4. The lowest BCUT2D eigenvalue weighted by molar-refractivity contribution is -0.117. The van der Waals surface area contributed by atoms with E-state index in [1.807, 2.05) is 6.07 Å². The molecular formula is C20H24N2O3. The average Bonchev–Trinajstić information content (AvgIpc) is 2.58. The van der Waals surface area contributed by atoms with Crippen LogP contribution in [0, 0.1) is 0 Å². The molecule has 0 fully saturated rings. The summed E-state index contributed by atoms with van der Waals surface area (Å²) in [5.41, 5.74) is 2.97. The molecule has 1 aromatic carbocycles. The molecule has 3 rings (SSSR count). The van der Waals surface area contributed by atoms with Crippen molar-refractivity contribution in [3.05, 3.63) is 39.7 Å². The standard InChI is InChI=1S/C20H24N2O3/c1-5-15(23)12-21-11-14-8-13-9-16-17(10-18(13)25-19(14)24)22(4)7-6-20(16,2)3/h8-11H,5-7,12H2,1-4H3. The molecule has 2 heterocycles. The van der Waals surface area contributed by atoms with E-state index < -0.39 is 5.63 Å². The number of carbonyl (C=O) groups excluding carboxylic acids is 1. The number of ketones is 1. The van der Waals surface area contributed by atoms with Crippen molar-refractivity contribution in [1.82, 2.24) is 0 Å². The number of aliphatic imine (C=N–C) groups is 1. The van der Waals surface area contributed by atoms with Crippen molar-refractivity contribution in [2.75, 3.05) is 25.0 Å². The van der Waals surface area contributed by atoms with Crippen LogP contribution >= 0.6 is 0 Å². The Hall–Kier alpha value is -2.43. The lowest BCUT2D eigenvalue weighted by Crippen LogP contribution is -2.34. The molecule has 0 radical (unpaired) electrons. The van der Waals surface area contributed by atoms with Crippen LogP contribution in [0.2, 0.25) is 0 Å². The summed E-state index contributed by atoms with van der Waals surface area (Å²) in [6, 6.07) is 5.86. The lowest BCUT2D eigenvalue weighted by atomic mass is 9.77. The van der Waals surface area contributed by atoms with Crippen LogP contribution in [-0.2, 0) is 10.2 Å². The molecule has 0 amide bonds. The summed E-state index contributed by atoms with van der Waals surface area (Å²) in [7, 11) is 2.06. The predicted molar refractivity (Wildman–Crippen MR) is 101 cm³/mol. The summed E-state index contributed by atoms with van der Waals surface area (Å²) < 4.78 is 5.50. The quantitative estimate of drug-likeness (QED) is 0.633. The Morgan fingerprint density at radius 2 is 2.12 bits per heavy atom. The first-order valence-electron chi connectivity index (χ1n) is 8.67. The zero-order valence-electron chi connectivity index (χ0n) is 15.3. The molecule has 0 bridgehead atoms. The molecule has 0 unspecified atom stereocenters. The van der Waals surface area contributed by atoms with Crippen molar-refractivity contribution in [3.8, 4) is 0 Å². The molecular weight excluding hydrogens is 316 g/mol. The highest BCUT2D eigenvalue weighted by molar-refractivity contribution is 5.90.